The summed E-state index contributed by atoms with van der Waals surface area (Å²) in [5.41, 5.74) is 2.15. The van der Waals surface area contributed by atoms with Crippen LogP contribution in [0, 0.1) is 5.92 Å². The average molecular weight is 499 g/mol. The molecular formula is C25H31ClN6O3. The van der Waals surface area contributed by atoms with Crippen LogP contribution >= 0.6 is 11.6 Å². The van der Waals surface area contributed by atoms with Crippen LogP contribution in [-0.2, 0) is 11.2 Å². The number of hydrogen-bond donors (Lipinski definition) is 1. The molecule has 10 heteroatoms. The zero-order valence-electron chi connectivity index (χ0n) is 20.2. The van der Waals surface area contributed by atoms with Crippen molar-refractivity contribution in [3.8, 4) is 5.88 Å². The fourth-order valence-electron chi connectivity index (χ4n) is 4.52. The van der Waals surface area contributed by atoms with E-state index in [1.165, 1.54) is 13.2 Å². The molecule has 2 fully saturated rings. The van der Waals surface area contributed by atoms with Crippen molar-refractivity contribution in [3.05, 3.63) is 53.5 Å². The van der Waals surface area contributed by atoms with Crippen LogP contribution in [0.4, 0.5) is 11.4 Å². The van der Waals surface area contributed by atoms with Crippen LogP contribution in [0.5, 0.6) is 5.88 Å². The molecule has 2 aliphatic rings. The first kappa shape index (κ1) is 24.9. The van der Waals surface area contributed by atoms with Crippen molar-refractivity contribution in [3.63, 3.8) is 0 Å². The van der Waals surface area contributed by atoms with Gasteiger partial charge < -0.3 is 24.8 Å². The number of carbonyl (C=O) groups excluding carboxylic acids is 2. The Hall–Kier alpha value is -3.17. The van der Waals surface area contributed by atoms with E-state index in [1.807, 2.05) is 17.0 Å². The molecule has 9 nitrogen and oxygen atoms in total. The highest BCUT2D eigenvalue weighted by molar-refractivity contribution is 6.31. The Kier molecular flexibility index (Phi) is 7.87. The number of likely N-dealkylation sites (N-methyl/N-ethyl adjacent to an activating group) is 1. The second kappa shape index (κ2) is 11.0. The maximum Gasteiger partial charge on any atom is 0.253 e. The average Bonchev–Trinajstić information content (AvgIpc) is 3.34. The number of hydrogen-bond acceptors (Lipinski definition) is 7. The fraction of sp³-hybridized carbons (Fsp3) is 0.440. The summed E-state index contributed by atoms with van der Waals surface area (Å²) in [5.74, 6) is 0.989. The molecule has 0 unspecified atom stereocenters. The predicted octanol–water partition coefficient (Wildman–Crippen LogP) is 2.72. The van der Waals surface area contributed by atoms with Crippen LogP contribution in [0.2, 0.25) is 5.02 Å². The maximum absolute atomic E-state index is 13.4. The van der Waals surface area contributed by atoms with Gasteiger partial charge in [0.15, 0.2) is 0 Å². The summed E-state index contributed by atoms with van der Waals surface area (Å²) in [6.45, 7) is 8.32. The van der Waals surface area contributed by atoms with Gasteiger partial charge in [-0.15, -0.1) is 0 Å². The van der Waals surface area contributed by atoms with E-state index in [0.717, 1.165) is 38.3 Å². The third kappa shape index (κ3) is 5.91. The van der Waals surface area contributed by atoms with Gasteiger partial charge in [-0.05, 0) is 43.7 Å². The molecule has 1 N–H and O–H groups in total. The molecule has 2 amide bonds. The number of nitrogens with zero attached hydrogens (tertiary/aromatic N) is 5. The van der Waals surface area contributed by atoms with Crippen LogP contribution in [0.3, 0.4) is 0 Å². The quantitative estimate of drug-likeness (QED) is 0.587. The zero-order chi connectivity index (χ0) is 24.9. The van der Waals surface area contributed by atoms with Gasteiger partial charge in [0.25, 0.3) is 5.91 Å². The second-order valence-electron chi connectivity index (χ2n) is 8.97. The first-order chi connectivity index (χ1) is 16.9. The Balaban J connectivity index is 1.48. The highest BCUT2D eigenvalue weighted by Crippen LogP contribution is 2.30. The normalized spacial score (nSPS) is 18.4. The van der Waals surface area contributed by atoms with E-state index in [9.17, 15) is 9.59 Å². The van der Waals surface area contributed by atoms with Crippen molar-refractivity contribution in [2.24, 2.45) is 5.92 Å². The Morgan fingerprint density at radius 1 is 1.26 bits per heavy atom. The standard InChI is InChI=1S/C25H31ClN6O3/c1-4-23(33)28-20-6-5-18(14-21(20)31-11-9-30(2)10-12-31)25(34)32-8-7-17(16-32)13-22-27-15-19(26)24(29-22)35-3/h4-6,14-15,17H,1,7-13,16H2,2-3H3,(H,28,33)/t17-/m0/s1. The van der Waals surface area contributed by atoms with Crippen LogP contribution in [-0.4, -0.2) is 85.0 Å². The number of amides is 2. The van der Waals surface area contributed by atoms with Crippen LogP contribution in [0.15, 0.2) is 37.1 Å². The number of likely N-dealkylation sites (tertiary alicyclic amines) is 1. The Morgan fingerprint density at radius 2 is 2.03 bits per heavy atom. The van der Waals surface area contributed by atoms with E-state index in [-0.39, 0.29) is 17.7 Å². The number of aromatic nitrogens is 2. The highest BCUT2D eigenvalue weighted by atomic mass is 35.5. The largest absolute Gasteiger partial charge is 0.480 e. The summed E-state index contributed by atoms with van der Waals surface area (Å²) in [7, 11) is 3.62. The van der Waals surface area contributed by atoms with Gasteiger partial charge in [0.2, 0.25) is 11.8 Å². The lowest BCUT2D eigenvalue weighted by Crippen LogP contribution is -2.44. The minimum absolute atomic E-state index is 0.0147. The molecule has 0 saturated carbocycles. The van der Waals surface area contributed by atoms with E-state index < -0.39 is 0 Å². The van der Waals surface area contributed by atoms with Gasteiger partial charge >= 0.3 is 0 Å². The molecule has 2 aliphatic heterocycles. The summed E-state index contributed by atoms with van der Waals surface area (Å²) in [6, 6.07) is 5.48. The van der Waals surface area contributed by atoms with Gasteiger partial charge in [0.05, 0.1) is 24.7 Å². The Labute approximate surface area is 210 Å². The van der Waals surface area contributed by atoms with E-state index in [1.54, 1.807) is 12.3 Å². The summed E-state index contributed by atoms with van der Waals surface area (Å²) < 4.78 is 5.19. The Bertz CT molecular complexity index is 1100. The molecule has 0 spiro atoms. The topological polar surface area (TPSA) is 90.9 Å². The van der Waals surface area contributed by atoms with Crippen molar-refractivity contribution in [1.29, 1.82) is 0 Å². The first-order valence-electron chi connectivity index (χ1n) is 11.7. The van der Waals surface area contributed by atoms with Crippen molar-refractivity contribution < 1.29 is 14.3 Å². The van der Waals surface area contributed by atoms with Crippen LogP contribution < -0.4 is 15.0 Å². The second-order valence-corrected chi connectivity index (χ2v) is 9.38. The van der Waals surface area contributed by atoms with E-state index in [4.69, 9.17) is 16.3 Å². The maximum atomic E-state index is 13.4. The summed E-state index contributed by atoms with van der Waals surface area (Å²) in [5, 5.41) is 3.26. The lowest BCUT2D eigenvalue weighted by Gasteiger charge is -2.35. The number of piperazine rings is 1. The van der Waals surface area contributed by atoms with E-state index in [0.29, 0.717) is 47.5 Å². The number of halogens is 1. The number of nitrogens with one attached hydrogen (secondary N) is 1. The van der Waals surface area contributed by atoms with E-state index in [2.05, 4.69) is 38.7 Å². The Morgan fingerprint density at radius 3 is 2.74 bits per heavy atom. The molecule has 4 rings (SSSR count). The minimum atomic E-state index is -0.275. The number of rotatable bonds is 7. The van der Waals surface area contributed by atoms with Gasteiger partial charge in [-0.1, -0.05) is 18.2 Å². The van der Waals surface area contributed by atoms with Gasteiger partial charge in [-0.25, -0.2) is 4.98 Å². The molecule has 1 atom stereocenters. The number of carbonyl (C=O) groups is 2. The van der Waals surface area contributed by atoms with Gasteiger partial charge in [-0.2, -0.15) is 4.98 Å². The molecule has 0 bridgehead atoms. The molecule has 0 aliphatic carbocycles. The molecule has 1 aromatic carbocycles. The van der Waals surface area contributed by atoms with Crippen molar-refractivity contribution in [2.75, 3.05) is 63.6 Å². The van der Waals surface area contributed by atoms with Gasteiger partial charge in [-0.3, -0.25) is 9.59 Å². The minimum Gasteiger partial charge on any atom is -0.480 e. The number of ether oxygens (including phenoxy) is 1. The van der Waals surface area contributed by atoms with Gasteiger partial charge in [0.1, 0.15) is 10.8 Å². The van der Waals surface area contributed by atoms with Gasteiger partial charge in [0, 0.05) is 51.3 Å². The number of methoxy groups -OCH3 is 1. The molecule has 186 valence electrons. The zero-order valence-corrected chi connectivity index (χ0v) is 20.9. The van der Waals surface area contributed by atoms with Crippen molar-refractivity contribution in [2.45, 2.75) is 12.8 Å². The molecule has 2 aromatic rings. The fourth-order valence-corrected chi connectivity index (χ4v) is 4.68. The lowest BCUT2D eigenvalue weighted by atomic mass is 10.0. The number of anilines is 2. The molecule has 2 saturated heterocycles. The summed E-state index contributed by atoms with van der Waals surface area (Å²) >= 11 is 6.03. The van der Waals surface area contributed by atoms with Crippen molar-refractivity contribution in [1.82, 2.24) is 19.8 Å². The highest BCUT2D eigenvalue weighted by Gasteiger charge is 2.29. The SMILES string of the molecule is C=CC(=O)Nc1ccc(C(=O)N2CC[C@@H](Cc3ncc(Cl)c(OC)n3)C2)cc1N1CCN(C)CC1. The first-order valence-corrected chi connectivity index (χ1v) is 12.1. The van der Waals surface area contributed by atoms with Crippen LogP contribution in [0.25, 0.3) is 0 Å². The molecule has 3 heterocycles. The predicted molar refractivity (Wildman–Crippen MR) is 136 cm³/mol. The summed E-state index contributed by atoms with van der Waals surface area (Å²) in [6.07, 6.45) is 4.32. The third-order valence-corrected chi connectivity index (χ3v) is 6.79. The molecule has 35 heavy (non-hydrogen) atoms. The molecular weight excluding hydrogens is 468 g/mol. The summed E-state index contributed by atoms with van der Waals surface area (Å²) in [4.78, 5) is 40.4. The number of benzene rings is 1. The smallest absolute Gasteiger partial charge is 0.253 e. The molecule has 1 aromatic heterocycles. The van der Waals surface area contributed by atoms with E-state index >= 15 is 0 Å². The monoisotopic (exact) mass is 498 g/mol. The molecule has 0 radical (unpaired) electrons. The van der Waals surface area contributed by atoms with Crippen LogP contribution in [0.1, 0.15) is 22.6 Å². The lowest BCUT2D eigenvalue weighted by molar-refractivity contribution is -0.111. The van der Waals surface area contributed by atoms with Crippen molar-refractivity contribution >= 4 is 34.8 Å². The third-order valence-electron chi connectivity index (χ3n) is 6.53.